The second-order valence-corrected chi connectivity index (χ2v) is 10.2. The SMILES string of the molecule is COC(=O)c1ccc(Cn2cc(C=CC(=O)N3CCCC3)c3ccc(C=CC(=O)N4CCCC4)cc32)c(OC)c1. The number of ether oxygens (including phenoxy) is 2. The van der Waals surface area contributed by atoms with Crippen molar-refractivity contribution < 1.29 is 23.9 Å². The number of likely N-dealkylation sites (tertiary alicyclic amines) is 2. The molecule has 8 nitrogen and oxygen atoms in total. The van der Waals surface area contributed by atoms with Gasteiger partial charge in [0.15, 0.2) is 0 Å². The molecule has 208 valence electrons. The highest BCUT2D eigenvalue weighted by atomic mass is 16.5. The van der Waals surface area contributed by atoms with E-state index in [2.05, 4.69) is 10.6 Å². The molecule has 0 spiro atoms. The van der Waals surface area contributed by atoms with Crippen LogP contribution in [0.3, 0.4) is 0 Å². The molecule has 2 amide bonds. The van der Waals surface area contributed by atoms with Crippen molar-refractivity contribution in [2.45, 2.75) is 32.2 Å². The minimum atomic E-state index is -0.425. The largest absolute Gasteiger partial charge is 0.496 e. The van der Waals surface area contributed by atoms with E-state index in [9.17, 15) is 14.4 Å². The van der Waals surface area contributed by atoms with Gasteiger partial charge in [-0.1, -0.05) is 18.2 Å². The highest BCUT2D eigenvalue weighted by Gasteiger charge is 2.18. The first kappa shape index (κ1) is 27.2. The zero-order chi connectivity index (χ0) is 28.1. The molecule has 0 N–H and O–H groups in total. The third-order valence-electron chi connectivity index (χ3n) is 7.65. The van der Waals surface area contributed by atoms with Crippen LogP contribution in [0, 0.1) is 0 Å². The lowest BCUT2D eigenvalue weighted by molar-refractivity contribution is -0.125. The van der Waals surface area contributed by atoms with Gasteiger partial charge >= 0.3 is 5.97 Å². The molecule has 2 fully saturated rings. The van der Waals surface area contributed by atoms with Crippen LogP contribution in [0.15, 0.2) is 54.7 Å². The van der Waals surface area contributed by atoms with Gasteiger partial charge in [0, 0.05) is 66.6 Å². The lowest BCUT2D eigenvalue weighted by Gasteiger charge is -2.12. The number of hydrogen-bond donors (Lipinski definition) is 0. The van der Waals surface area contributed by atoms with E-state index in [1.54, 1.807) is 31.4 Å². The summed E-state index contributed by atoms with van der Waals surface area (Å²) < 4.78 is 12.6. The Hall–Kier alpha value is -4.33. The van der Waals surface area contributed by atoms with Crippen molar-refractivity contribution in [3.63, 3.8) is 0 Å². The molecular weight excluding hydrogens is 506 g/mol. The number of methoxy groups -OCH3 is 2. The zero-order valence-corrected chi connectivity index (χ0v) is 23.1. The van der Waals surface area contributed by atoms with Crippen LogP contribution in [0.1, 0.15) is 52.7 Å². The lowest BCUT2D eigenvalue weighted by atomic mass is 10.1. The predicted molar refractivity (Wildman–Crippen MR) is 155 cm³/mol. The predicted octanol–water partition coefficient (Wildman–Crippen LogP) is 4.76. The summed E-state index contributed by atoms with van der Waals surface area (Å²) in [5, 5.41) is 0.999. The van der Waals surface area contributed by atoms with Gasteiger partial charge in [0.05, 0.1) is 26.3 Å². The second-order valence-electron chi connectivity index (χ2n) is 10.2. The summed E-state index contributed by atoms with van der Waals surface area (Å²) in [6, 6.07) is 11.3. The molecule has 0 bridgehead atoms. The van der Waals surface area contributed by atoms with Gasteiger partial charge in [-0.2, -0.15) is 0 Å². The molecular formula is C32H35N3O5. The summed E-state index contributed by atoms with van der Waals surface area (Å²) >= 11 is 0. The smallest absolute Gasteiger partial charge is 0.337 e. The quantitative estimate of drug-likeness (QED) is 0.304. The van der Waals surface area contributed by atoms with E-state index < -0.39 is 5.97 Å². The summed E-state index contributed by atoms with van der Waals surface area (Å²) in [5.41, 5.74) is 4.11. The molecule has 1 aromatic heterocycles. The minimum absolute atomic E-state index is 0.0263. The zero-order valence-electron chi connectivity index (χ0n) is 23.1. The number of esters is 1. The number of carbonyl (C=O) groups is 3. The number of benzene rings is 2. The van der Waals surface area contributed by atoms with Gasteiger partial charge in [-0.3, -0.25) is 9.59 Å². The van der Waals surface area contributed by atoms with Crippen LogP contribution in [0.2, 0.25) is 0 Å². The third kappa shape index (κ3) is 5.96. The Kier molecular flexibility index (Phi) is 8.34. The van der Waals surface area contributed by atoms with Crippen LogP contribution in [0.4, 0.5) is 0 Å². The number of fused-ring (bicyclic) bond motifs is 1. The standard InChI is InChI=1S/C32H35N3O5/c1-39-29-20-24(32(38)40-2)9-10-26(29)22-35-21-25(11-14-31(37)34-17-5-6-18-34)27-12-7-23(19-28(27)35)8-13-30(36)33-15-3-4-16-33/h7-14,19-21H,3-6,15-18,22H2,1-2H3. The third-order valence-corrected chi connectivity index (χ3v) is 7.65. The maximum Gasteiger partial charge on any atom is 0.337 e. The lowest BCUT2D eigenvalue weighted by Crippen LogP contribution is -2.25. The van der Waals surface area contributed by atoms with E-state index >= 15 is 0 Å². The molecule has 8 heteroatoms. The molecule has 0 atom stereocenters. The molecule has 2 saturated heterocycles. The first-order valence-corrected chi connectivity index (χ1v) is 13.8. The molecule has 0 aliphatic carbocycles. The highest BCUT2D eigenvalue weighted by molar-refractivity contribution is 5.98. The first-order valence-electron chi connectivity index (χ1n) is 13.8. The van der Waals surface area contributed by atoms with E-state index in [0.717, 1.165) is 79.5 Å². The Morgan fingerprint density at radius 2 is 1.48 bits per heavy atom. The van der Waals surface area contributed by atoms with Gasteiger partial charge < -0.3 is 23.8 Å². The fraction of sp³-hybridized carbons (Fsp3) is 0.344. The van der Waals surface area contributed by atoms with Gasteiger partial charge in [0.2, 0.25) is 11.8 Å². The molecule has 0 radical (unpaired) electrons. The fourth-order valence-electron chi connectivity index (χ4n) is 5.42. The van der Waals surface area contributed by atoms with Crippen molar-refractivity contribution in [3.05, 3.63) is 77.0 Å². The van der Waals surface area contributed by atoms with Crippen molar-refractivity contribution in [3.8, 4) is 5.75 Å². The Morgan fingerprint density at radius 3 is 2.10 bits per heavy atom. The van der Waals surface area contributed by atoms with Crippen molar-refractivity contribution >= 4 is 40.8 Å². The number of nitrogens with zero attached hydrogens (tertiary/aromatic N) is 3. The normalized spacial score (nSPS) is 15.6. The monoisotopic (exact) mass is 541 g/mol. The van der Waals surface area contributed by atoms with E-state index in [-0.39, 0.29) is 11.8 Å². The van der Waals surface area contributed by atoms with E-state index in [1.165, 1.54) is 7.11 Å². The van der Waals surface area contributed by atoms with Crippen LogP contribution >= 0.6 is 0 Å². The van der Waals surface area contributed by atoms with Gasteiger partial charge in [0.25, 0.3) is 0 Å². The topological polar surface area (TPSA) is 81.1 Å². The molecule has 2 aliphatic rings. The van der Waals surface area contributed by atoms with Crippen molar-refractivity contribution in [2.24, 2.45) is 0 Å². The van der Waals surface area contributed by atoms with Crippen molar-refractivity contribution in [1.29, 1.82) is 0 Å². The molecule has 3 aromatic rings. The van der Waals surface area contributed by atoms with Crippen molar-refractivity contribution in [2.75, 3.05) is 40.4 Å². The van der Waals surface area contributed by atoms with E-state index in [0.29, 0.717) is 17.9 Å². The van der Waals surface area contributed by atoms with Gasteiger partial charge in [-0.25, -0.2) is 4.79 Å². The molecule has 0 saturated carbocycles. The van der Waals surface area contributed by atoms with E-state index in [4.69, 9.17) is 9.47 Å². The average molecular weight is 542 g/mol. The Labute approximate surface area is 234 Å². The maximum absolute atomic E-state index is 12.7. The second kappa shape index (κ2) is 12.2. The summed E-state index contributed by atoms with van der Waals surface area (Å²) in [7, 11) is 2.93. The van der Waals surface area contributed by atoms with Crippen molar-refractivity contribution in [1.82, 2.24) is 14.4 Å². The summed E-state index contributed by atoms with van der Waals surface area (Å²) in [4.78, 5) is 41.0. The first-order chi connectivity index (χ1) is 19.5. The highest BCUT2D eigenvalue weighted by Crippen LogP contribution is 2.29. The summed E-state index contributed by atoms with van der Waals surface area (Å²) in [5.74, 6) is 0.218. The molecule has 40 heavy (non-hydrogen) atoms. The van der Waals surface area contributed by atoms with Gasteiger partial charge in [-0.05, 0) is 61.6 Å². The number of hydrogen-bond acceptors (Lipinski definition) is 5. The number of amides is 2. The number of rotatable bonds is 8. The summed E-state index contributed by atoms with van der Waals surface area (Å²) in [6.45, 7) is 3.71. The Bertz CT molecular complexity index is 1470. The molecule has 2 aromatic carbocycles. The van der Waals surface area contributed by atoms with Crippen LogP contribution in [0.5, 0.6) is 5.75 Å². The van der Waals surface area contributed by atoms with Crippen LogP contribution in [-0.2, 0) is 20.9 Å². The van der Waals surface area contributed by atoms with Gasteiger partial charge in [-0.15, -0.1) is 0 Å². The maximum atomic E-state index is 12.7. The molecule has 3 heterocycles. The number of aromatic nitrogens is 1. The van der Waals surface area contributed by atoms with Crippen LogP contribution < -0.4 is 4.74 Å². The Balaban J connectivity index is 1.49. The average Bonchev–Trinajstić information content (AvgIpc) is 3.77. The van der Waals surface area contributed by atoms with E-state index in [1.807, 2.05) is 46.3 Å². The van der Waals surface area contributed by atoms with Crippen LogP contribution in [-0.4, -0.2) is 72.5 Å². The number of carbonyl (C=O) groups excluding carboxylic acids is 3. The minimum Gasteiger partial charge on any atom is -0.496 e. The van der Waals surface area contributed by atoms with Gasteiger partial charge in [0.1, 0.15) is 5.75 Å². The fourth-order valence-corrected chi connectivity index (χ4v) is 5.42. The van der Waals surface area contributed by atoms with Crippen LogP contribution in [0.25, 0.3) is 23.1 Å². The molecule has 0 unspecified atom stereocenters. The molecule has 5 rings (SSSR count). The molecule has 2 aliphatic heterocycles. The summed E-state index contributed by atoms with van der Waals surface area (Å²) in [6.07, 6.45) is 13.3. The Morgan fingerprint density at radius 1 is 0.825 bits per heavy atom.